The molecule has 158 valence electrons. The molecule has 1 aromatic heterocycles. The molecule has 0 aliphatic carbocycles. The van der Waals surface area contributed by atoms with Crippen LogP contribution in [0, 0.1) is 0 Å². The molecular formula is C23H26N2O4S. The summed E-state index contributed by atoms with van der Waals surface area (Å²) in [7, 11) is 0. The van der Waals surface area contributed by atoms with E-state index in [-0.39, 0.29) is 18.6 Å². The van der Waals surface area contributed by atoms with E-state index in [4.69, 9.17) is 9.47 Å². The minimum absolute atomic E-state index is 0.186. The zero-order chi connectivity index (χ0) is 20.9. The first-order chi connectivity index (χ1) is 14.7. The number of hydrogen-bond donors (Lipinski definition) is 1. The quantitative estimate of drug-likeness (QED) is 0.426. The van der Waals surface area contributed by atoms with Crippen molar-refractivity contribution in [2.75, 3.05) is 18.7 Å². The lowest BCUT2D eigenvalue weighted by atomic mass is 10.1. The minimum Gasteiger partial charge on any atom is -0.454 e. The molecule has 0 spiro atoms. The molecule has 0 radical (unpaired) electrons. The van der Waals surface area contributed by atoms with E-state index in [0.717, 1.165) is 24.1 Å². The van der Waals surface area contributed by atoms with E-state index in [1.54, 1.807) is 12.1 Å². The van der Waals surface area contributed by atoms with Crippen LogP contribution < -0.4 is 14.8 Å². The van der Waals surface area contributed by atoms with Crippen LogP contribution in [0.15, 0.2) is 41.4 Å². The van der Waals surface area contributed by atoms with Crippen molar-refractivity contribution in [3.63, 3.8) is 0 Å². The maximum Gasteiger partial charge on any atom is 0.278 e. The lowest BCUT2D eigenvalue weighted by Crippen LogP contribution is -2.33. The zero-order valence-electron chi connectivity index (χ0n) is 17.1. The van der Waals surface area contributed by atoms with Crippen LogP contribution in [0.1, 0.15) is 50.3 Å². The number of ether oxygens (including phenoxy) is 2. The number of anilines is 1. The zero-order valence-corrected chi connectivity index (χ0v) is 17.9. The summed E-state index contributed by atoms with van der Waals surface area (Å²) in [4.78, 5) is 28.5. The molecule has 2 aliphatic rings. The van der Waals surface area contributed by atoms with Gasteiger partial charge in [-0.1, -0.05) is 45.1 Å². The molecule has 7 heteroatoms. The van der Waals surface area contributed by atoms with Crippen molar-refractivity contribution in [3.8, 4) is 11.5 Å². The molecule has 0 bridgehead atoms. The smallest absolute Gasteiger partial charge is 0.278 e. The second-order valence-electron chi connectivity index (χ2n) is 7.45. The fourth-order valence-electron chi connectivity index (χ4n) is 3.71. The number of rotatable bonds is 10. The van der Waals surface area contributed by atoms with Crippen LogP contribution in [0.4, 0.5) is 5.69 Å². The Hall–Kier alpha value is -2.80. The molecule has 1 N–H and O–H groups in total. The average molecular weight is 427 g/mol. The van der Waals surface area contributed by atoms with Gasteiger partial charge in [0.2, 0.25) is 6.79 Å². The number of hydrogen-bond acceptors (Lipinski definition) is 6. The highest BCUT2D eigenvalue weighted by Gasteiger charge is 2.39. The van der Waals surface area contributed by atoms with Crippen molar-refractivity contribution < 1.29 is 19.1 Å². The molecule has 1 aromatic carbocycles. The molecule has 2 amide bonds. The van der Waals surface area contributed by atoms with E-state index in [2.05, 4.69) is 12.2 Å². The van der Waals surface area contributed by atoms with Gasteiger partial charge in [0.15, 0.2) is 11.5 Å². The number of carbonyl (C=O) groups is 2. The highest BCUT2D eigenvalue weighted by Crippen LogP contribution is 2.37. The molecule has 4 rings (SSSR count). The summed E-state index contributed by atoms with van der Waals surface area (Å²) in [5, 5.41) is 5.09. The minimum atomic E-state index is -0.269. The molecule has 0 atom stereocenters. The van der Waals surface area contributed by atoms with Crippen LogP contribution in [0.3, 0.4) is 0 Å². The van der Waals surface area contributed by atoms with Gasteiger partial charge in [-0.15, -0.1) is 11.3 Å². The summed E-state index contributed by atoms with van der Waals surface area (Å²) >= 11 is 1.46. The Morgan fingerprint density at radius 1 is 1.00 bits per heavy atom. The molecule has 0 saturated carbocycles. The summed E-state index contributed by atoms with van der Waals surface area (Å²) in [6, 6.07) is 9.17. The van der Waals surface area contributed by atoms with Crippen molar-refractivity contribution in [3.05, 3.63) is 46.3 Å². The van der Waals surface area contributed by atoms with Gasteiger partial charge in [0.05, 0.1) is 5.57 Å². The summed E-state index contributed by atoms with van der Waals surface area (Å²) in [5.74, 6) is 0.805. The number of nitrogens with one attached hydrogen (secondary N) is 1. The Balaban J connectivity index is 1.51. The van der Waals surface area contributed by atoms with Crippen molar-refractivity contribution in [2.24, 2.45) is 0 Å². The molecule has 2 aliphatic heterocycles. The van der Waals surface area contributed by atoms with E-state index in [9.17, 15) is 9.59 Å². The van der Waals surface area contributed by atoms with Crippen molar-refractivity contribution in [2.45, 2.75) is 45.4 Å². The van der Waals surface area contributed by atoms with Crippen LogP contribution in [-0.2, 0) is 9.59 Å². The lowest BCUT2D eigenvalue weighted by Gasteiger charge is -2.15. The molecule has 2 aromatic rings. The third-order valence-corrected chi connectivity index (χ3v) is 6.20. The molecular weight excluding hydrogens is 400 g/mol. The van der Waals surface area contributed by atoms with Crippen LogP contribution in [0.2, 0.25) is 0 Å². The predicted molar refractivity (Wildman–Crippen MR) is 118 cm³/mol. The Labute approximate surface area is 180 Å². The number of nitrogens with zero attached hydrogens (tertiary/aromatic N) is 1. The largest absolute Gasteiger partial charge is 0.454 e. The van der Waals surface area contributed by atoms with E-state index >= 15 is 0 Å². The van der Waals surface area contributed by atoms with Crippen molar-refractivity contribution in [1.82, 2.24) is 4.90 Å². The topological polar surface area (TPSA) is 67.9 Å². The Morgan fingerprint density at radius 3 is 2.60 bits per heavy atom. The highest BCUT2D eigenvalue weighted by molar-refractivity contribution is 7.11. The first-order valence-corrected chi connectivity index (χ1v) is 11.4. The molecule has 0 unspecified atom stereocenters. The van der Waals surface area contributed by atoms with E-state index < -0.39 is 0 Å². The number of amides is 2. The van der Waals surface area contributed by atoms with Crippen molar-refractivity contribution >= 4 is 34.4 Å². The summed E-state index contributed by atoms with van der Waals surface area (Å²) < 4.78 is 10.8. The lowest BCUT2D eigenvalue weighted by molar-refractivity contribution is -0.136. The predicted octanol–water partition coefficient (Wildman–Crippen LogP) is 5.03. The second kappa shape index (κ2) is 9.34. The Morgan fingerprint density at radius 2 is 1.80 bits per heavy atom. The number of benzene rings is 1. The number of unbranched alkanes of at least 4 members (excludes halogenated alkanes) is 5. The fraction of sp³-hybridized carbons (Fsp3) is 0.391. The summed E-state index contributed by atoms with van der Waals surface area (Å²) in [5.41, 5.74) is 1.46. The Bertz CT molecular complexity index is 952. The number of imide groups is 1. The summed E-state index contributed by atoms with van der Waals surface area (Å²) in [6.45, 7) is 2.82. The van der Waals surface area contributed by atoms with Crippen LogP contribution in [0.5, 0.6) is 11.5 Å². The van der Waals surface area contributed by atoms with Gasteiger partial charge in [-0.2, -0.15) is 0 Å². The standard InChI is InChI=1S/C23H26N2O4S/c1-2-3-4-5-6-7-12-25-22(26)20(19-9-8-13-30-19)21(23(25)27)24-16-10-11-17-18(14-16)29-15-28-17/h8-11,13-14,24H,2-7,12,15H2,1H3. The van der Waals surface area contributed by atoms with E-state index in [1.165, 1.54) is 35.5 Å². The molecule has 0 saturated heterocycles. The molecule has 30 heavy (non-hydrogen) atoms. The van der Waals surface area contributed by atoms with Gasteiger partial charge in [0, 0.05) is 23.2 Å². The molecule has 3 heterocycles. The monoisotopic (exact) mass is 426 g/mol. The Kier molecular flexibility index (Phi) is 6.38. The highest BCUT2D eigenvalue weighted by atomic mass is 32.1. The van der Waals surface area contributed by atoms with Crippen molar-refractivity contribution in [1.29, 1.82) is 0 Å². The number of carbonyl (C=O) groups excluding carboxylic acids is 2. The first-order valence-electron chi connectivity index (χ1n) is 10.5. The van der Waals surface area contributed by atoms with Gasteiger partial charge in [0.25, 0.3) is 11.8 Å². The van der Waals surface area contributed by atoms with Crippen LogP contribution in [-0.4, -0.2) is 30.1 Å². The molecule has 0 fully saturated rings. The third-order valence-electron chi connectivity index (χ3n) is 5.31. The van der Waals surface area contributed by atoms with Crippen LogP contribution in [0.25, 0.3) is 5.57 Å². The maximum absolute atomic E-state index is 13.2. The van der Waals surface area contributed by atoms with Gasteiger partial charge < -0.3 is 14.8 Å². The van der Waals surface area contributed by atoms with E-state index in [1.807, 2.05) is 23.6 Å². The second-order valence-corrected chi connectivity index (χ2v) is 8.40. The van der Waals surface area contributed by atoms with Gasteiger partial charge >= 0.3 is 0 Å². The molecule has 6 nitrogen and oxygen atoms in total. The first kappa shape index (κ1) is 20.5. The van der Waals surface area contributed by atoms with E-state index in [0.29, 0.717) is 35.0 Å². The average Bonchev–Trinajstić information content (AvgIpc) is 3.47. The van der Waals surface area contributed by atoms with Gasteiger partial charge in [-0.3, -0.25) is 14.5 Å². The van der Waals surface area contributed by atoms with Gasteiger partial charge in [-0.05, 0) is 30.0 Å². The normalized spacial score (nSPS) is 15.4. The SMILES string of the molecule is CCCCCCCCN1C(=O)C(Nc2ccc3c(c2)OCO3)=C(c2cccs2)C1=O. The van der Waals surface area contributed by atoms with Crippen LogP contribution >= 0.6 is 11.3 Å². The van der Waals surface area contributed by atoms with Gasteiger partial charge in [0.1, 0.15) is 5.70 Å². The summed E-state index contributed by atoms with van der Waals surface area (Å²) in [6.07, 6.45) is 6.62. The third kappa shape index (κ3) is 4.21. The maximum atomic E-state index is 13.2. The fourth-order valence-corrected chi connectivity index (χ4v) is 4.48. The van der Waals surface area contributed by atoms with Gasteiger partial charge in [-0.25, -0.2) is 0 Å². The number of thiophene rings is 1. The number of fused-ring (bicyclic) bond motifs is 1.